The molecule has 0 saturated heterocycles. The van der Waals surface area contributed by atoms with Gasteiger partial charge in [-0.05, 0) is 29.8 Å². The van der Waals surface area contributed by atoms with E-state index in [1.54, 1.807) is 17.7 Å². The molecule has 1 N–H and O–H groups in total. The maximum atomic E-state index is 4.45. The normalized spacial score (nSPS) is 10.8. The number of fused-ring (bicyclic) bond motifs is 1. The van der Waals surface area contributed by atoms with E-state index in [1.165, 1.54) is 0 Å². The third-order valence-electron chi connectivity index (χ3n) is 3.56. The van der Waals surface area contributed by atoms with Gasteiger partial charge in [0.05, 0.1) is 5.39 Å². The molecule has 0 atom stereocenters. The van der Waals surface area contributed by atoms with Crippen LogP contribution in [0.3, 0.4) is 0 Å². The first-order valence-electron chi connectivity index (χ1n) is 7.11. The van der Waals surface area contributed by atoms with Gasteiger partial charge in [-0.1, -0.05) is 46.3 Å². The van der Waals surface area contributed by atoms with Gasteiger partial charge in [-0.15, -0.1) is 11.3 Å². The van der Waals surface area contributed by atoms with Gasteiger partial charge in [0.15, 0.2) is 0 Å². The van der Waals surface area contributed by atoms with Crippen molar-refractivity contribution < 1.29 is 0 Å². The summed E-state index contributed by atoms with van der Waals surface area (Å²) in [6, 6.07) is 18.4. The summed E-state index contributed by atoms with van der Waals surface area (Å²) >= 11 is 5.12. The van der Waals surface area contributed by atoms with E-state index < -0.39 is 0 Å². The van der Waals surface area contributed by atoms with E-state index in [0.29, 0.717) is 0 Å². The molecule has 4 aromatic rings. The maximum Gasteiger partial charge on any atom is 0.143 e. The van der Waals surface area contributed by atoms with Crippen LogP contribution < -0.4 is 5.32 Å². The minimum Gasteiger partial charge on any atom is -0.340 e. The molecule has 112 valence electrons. The largest absolute Gasteiger partial charge is 0.340 e. The second kappa shape index (κ2) is 6.10. The number of para-hydroxylation sites is 1. The average Bonchev–Trinajstić information content (AvgIpc) is 3.02. The summed E-state index contributed by atoms with van der Waals surface area (Å²) in [4.78, 5) is 9.84. The summed E-state index contributed by atoms with van der Waals surface area (Å²) in [6.07, 6.45) is 1.61. The predicted molar refractivity (Wildman–Crippen MR) is 100 cm³/mol. The predicted octanol–water partition coefficient (Wildman–Crippen LogP) is 5.86. The lowest BCUT2D eigenvalue weighted by Crippen LogP contribution is -1.95. The molecule has 0 fully saturated rings. The molecule has 23 heavy (non-hydrogen) atoms. The molecular weight excluding hydrogens is 370 g/mol. The van der Waals surface area contributed by atoms with E-state index in [0.717, 1.165) is 37.3 Å². The zero-order valence-corrected chi connectivity index (χ0v) is 14.4. The van der Waals surface area contributed by atoms with E-state index >= 15 is 0 Å². The van der Waals surface area contributed by atoms with Gasteiger partial charge in [-0.25, -0.2) is 9.97 Å². The fourth-order valence-corrected chi connectivity index (χ4v) is 3.65. The number of aromatic nitrogens is 2. The Kier molecular flexibility index (Phi) is 3.81. The molecule has 0 spiro atoms. The Morgan fingerprint density at radius 3 is 2.48 bits per heavy atom. The summed E-state index contributed by atoms with van der Waals surface area (Å²) in [5.74, 6) is 0.834. The first-order chi connectivity index (χ1) is 11.3. The van der Waals surface area contributed by atoms with Gasteiger partial charge in [0.25, 0.3) is 0 Å². The Labute approximate surface area is 146 Å². The number of rotatable bonds is 3. The van der Waals surface area contributed by atoms with Gasteiger partial charge < -0.3 is 5.32 Å². The molecule has 0 radical (unpaired) electrons. The minimum atomic E-state index is 0.834. The van der Waals surface area contributed by atoms with E-state index in [9.17, 15) is 0 Å². The van der Waals surface area contributed by atoms with Crippen LogP contribution in [0.15, 0.2) is 70.8 Å². The number of hydrogen-bond donors (Lipinski definition) is 1. The summed E-state index contributed by atoms with van der Waals surface area (Å²) in [5.41, 5.74) is 3.32. The van der Waals surface area contributed by atoms with Crippen LogP contribution in [0.2, 0.25) is 0 Å². The molecule has 0 bridgehead atoms. The van der Waals surface area contributed by atoms with Gasteiger partial charge in [0, 0.05) is 21.1 Å². The average molecular weight is 382 g/mol. The Morgan fingerprint density at radius 2 is 1.70 bits per heavy atom. The van der Waals surface area contributed by atoms with Crippen LogP contribution in [0.4, 0.5) is 11.5 Å². The van der Waals surface area contributed by atoms with E-state index in [-0.39, 0.29) is 0 Å². The molecule has 5 heteroatoms. The topological polar surface area (TPSA) is 37.8 Å². The first kappa shape index (κ1) is 14.4. The highest BCUT2D eigenvalue weighted by atomic mass is 79.9. The zero-order chi connectivity index (χ0) is 15.6. The molecule has 0 unspecified atom stereocenters. The first-order valence-corrected chi connectivity index (χ1v) is 8.79. The number of benzene rings is 2. The molecule has 0 amide bonds. The highest BCUT2D eigenvalue weighted by molar-refractivity contribution is 9.10. The lowest BCUT2D eigenvalue weighted by molar-refractivity contribution is 1.23. The smallest absolute Gasteiger partial charge is 0.143 e. The molecule has 3 nitrogen and oxygen atoms in total. The van der Waals surface area contributed by atoms with Gasteiger partial charge in [0.2, 0.25) is 0 Å². The fourth-order valence-electron chi connectivity index (χ4n) is 2.47. The van der Waals surface area contributed by atoms with E-state index in [4.69, 9.17) is 0 Å². The number of anilines is 2. The molecule has 4 rings (SSSR count). The molecule has 0 aliphatic heterocycles. The fraction of sp³-hybridized carbons (Fsp3) is 0. The van der Waals surface area contributed by atoms with Crippen molar-refractivity contribution in [3.05, 3.63) is 70.8 Å². The number of hydrogen-bond acceptors (Lipinski definition) is 4. The number of halogens is 1. The van der Waals surface area contributed by atoms with Crippen molar-refractivity contribution in [2.45, 2.75) is 0 Å². The van der Waals surface area contributed by atoms with Crippen LogP contribution in [0, 0.1) is 0 Å². The monoisotopic (exact) mass is 381 g/mol. The van der Waals surface area contributed by atoms with Crippen LogP contribution in [-0.4, -0.2) is 9.97 Å². The quantitative estimate of drug-likeness (QED) is 0.482. The van der Waals surface area contributed by atoms with Crippen molar-refractivity contribution in [3.8, 4) is 11.1 Å². The Hall–Kier alpha value is -2.24. The molecule has 0 aliphatic rings. The summed E-state index contributed by atoms with van der Waals surface area (Å²) in [7, 11) is 0. The van der Waals surface area contributed by atoms with Gasteiger partial charge in [-0.3, -0.25) is 0 Å². The highest BCUT2D eigenvalue weighted by Gasteiger charge is 2.13. The molecule has 2 aromatic carbocycles. The van der Waals surface area contributed by atoms with Crippen molar-refractivity contribution >= 4 is 49.0 Å². The third kappa shape index (κ3) is 2.85. The molecular formula is C18H12BrN3S. The second-order valence-corrected chi connectivity index (χ2v) is 6.82. The third-order valence-corrected chi connectivity index (χ3v) is 4.98. The number of nitrogens with one attached hydrogen (secondary N) is 1. The lowest BCUT2D eigenvalue weighted by Gasteiger charge is -2.08. The van der Waals surface area contributed by atoms with Gasteiger partial charge >= 0.3 is 0 Å². The van der Waals surface area contributed by atoms with Crippen LogP contribution in [0.5, 0.6) is 0 Å². The van der Waals surface area contributed by atoms with Gasteiger partial charge in [-0.2, -0.15) is 0 Å². The minimum absolute atomic E-state index is 0.834. The molecule has 0 aliphatic carbocycles. The second-order valence-electron chi connectivity index (χ2n) is 5.05. The number of thiophene rings is 1. The van der Waals surface area contributed by atoms with Crippen molar-refractivity contribution in [3.63, 3.8) is 0 Å². The van der Waals surface area contributed by atoms with Crippen LogP contribution in [0.25, 0.3) is 21.3 Å². The summed E-state index contributed by atoms with van der Waals surface area (Å²) < 4.78 is 1.07. The SMILES string of the molecule is Brc1ccc(-c2csc3ncnc(Nc4ccccc4)c23)cc1. The van der Waals surface area contributed by atoms with Crippen LogP contribution in [-0.2, 0) is 0 Å². The number of nitrogens with zero attached hydrogens (tertiary/aromatic N) is 2. The van der Waals surface area contributed by atoms with E-state index in [2.05, 4.69) is 48.7 Å². The summed E-state index contributed by atoms with van der Waals surface area (Å²) in [6.45, 7) is 0. The Morgan fingerprint density at radius 1 is 0.913 bits per heavy atom. The summed E-state index contributed by atoms with van der Waals surface area (Å²) in [5, 5.41) is 6.60. The highest BCUT2D eigenvalue weighted by Crippen LogP contribution is 2.37. The van der Waals surface area contributed by atoms with Crippen LogP contribution in [0.1, 0.15) is 0 Å². The van der Waals surface area contributed by atoms with Crippen molar-refractivity contribution in [2.75, 3.05) is 5.32 Å². The Bertz CT molecular complexity index is 949. The van der Waals surface area contributed by atoms with Crippen molar-refractivity contribution in [1.29, 1.82) is 0 Å². The maximum absolute atomic E-state index is 4.45. The molecule has 0 saturated carbocycles. The molecule has 2 aromatic heterocycles. The standard InChI is InChI=1S/C18H12BrN3S/c19-13-8-6-12(7-9-13)15-10-23-18-16(15)17(20-11-21-18)22-14-4-2-1-3-5-14/h1-11H,(H,20,21,22). The van der Waals surface area contributed by atoms with Crippen molar-refractivity contribution in [2.24, 2.45) is 0 Å². The van der Waals surface area contributed by atoms with E-state index in [1.807, 2.05) is 42.5 Å². The Balaban J connectivity index is 1.85. The lowest BCUT2D eigenvalue weighted by atomic mass is 10.1. The molecule has 2 heterocycles. The van der Waals surface area contributed by atoms with Crippen molar-refractivity contribution in [1.82, 2.24) is 9.97 Å². The van der Waals surface area contributed by atoms with Crippen LogP contribution >= 0.6 is 27.3 Å². The van der Waals surface area contributed by atoms with Gasteiger partial charge in [0.1, 0.15) is 17.0 Å². The zero-order valence-electron chi connectivity index (χ0n) is 12.0.